The summed E-state index contributed by atoms with van der Waals surface area (Å²) in [4.78, 5) is 21.6. The number of aromatic nitrogens is 4. The largest absolute Gasteiger partial charge is 0.370 e. The number of aromatic amines is 2. The number of imidazole rings is 1. The van der Waals surface area contributed by atoms with Gasteiger partial charge >= 0.3 is 5.69 Å². The van der Waals surface area contributed by atoms with Gasteiger partial charge in [0.25, 0.3) is 5.89 Å². The van der Waals surface area contributed by atoms with Crippen molar-refractivity contribution in [2.45, 2.75) is 37.7 Å². The average molecular weight is 314 g/mol. The standard InChI is InChI=1S/C16H18N4O3/c1-22-16(8-3-2-4-9-16)14-19-13(23-20-14)10-6-5-7-11-12(10)18-15(21)17-11/h5-7H,2-4,8-9H2,1H3,(H2,17,18,21). The normalized spacial score (nSPS) is 17.6. The minimum Gasteiger partial charge on any atom is -0.370 e. The van der Waals surface area contributed by atoms with Crippen molar-refractivity contribution < 1.29 is 9.26 Å². The molecule has 0 amide bonds. The van der Waals surface area contributed by atoms with E-state index in [1.54, 1.807) is 7.11 Å². The Kier molecular flexibility index (Phi) is 3.30. The number of hydrogen-bond donors (Lipinski definition) is 2. The van der Waals surface area contributed by atoms with Gasteiger partial charge in [-0.15, -0.1) is 0 Å². The van der Waals surface area contributed by atoms with Crippen molar-refractivity contribution in [3.05, 3.63) is 34.5 Å². The molecule has 3 aromatic rings. The lowest BCUT2D eigenvalue weighted by Crippen LogP contribution is -2.32. The molecule has 0 bridgehead atoms. The first-order chi connectivity index (χ1) is 11.2. The number of fused-ring (bicyclic) bond motifs is 1. The Morgan fingerprint density at radius 3 is 2.83 bits per heavy atom. The molecule has 1 aliphatic rings. The highest BCUT2D eigenvalue weighted by molar-refractivity contribution is 5.89. The van der Waals surface area contributed by atoms with Crippen LogP contribution < -0.4 is 5.69 Å². The minimum absolute atomic E-state index is 0.257. The van der Waals surface area contributed by atoms with Crippen molar-refractivity contribution in [1.29, 1.82) is 0 Å². The summed E-state index contributed by atoms with van der Waals surface area (Å²) in [6.07, 6.45) is 5.19. The Hall–Kier alpha value is -2.41. The predicted molar refractivity (Wildman–Crippen MR) is 84.0 cm³/mol. The zero-order chi connectivity index (χ0) is 15.9. The molecule has 1 aromatic carbocycles. The number of H-pyrrole nitrogens is 2. The fraction of sp³-hybridized carbons (Fsp3) is 0.438. The molecule has 0 radical (unpaired) electrons. The first-order valence-corrected chi connectivity index (χ1v) is 7.83. The van der Waals surface area contributed by atoms with Crippen LogP contribution in [0.25, 0.3) is 22.5 Å². The number of ether oxygens (including phenoxy) is 1. The zero-order valence-corrected chi connectivity index (χ0v) is 12.9. The summed E-state index contributed by atoms with van der Waals surface area (Å²) < 4.78 is 11.2. The zero-order valence-electron chi connectivity index (χ0n) is 12.9. The summed E-state index contributed by atoms with van der Waals surface area (Å²) in [5.41, 5.74) is 1.38. The van der Waals surface area contributed by atoms with Gasteiger partial charge in [-0.05, 0) is 25.0 Å². The molecule has 4 rings (SSSR count). The van der Waals surface area contributed by atoms with E-state index in [1.165, 1.54) is 6.42 Å². The van der Waals surface area contributed by atoms with Crippen LogP contribution in [0.3, 0.4) is 0 Å². The predicted octanol–water partition coefficient (Wildman–Crippen LogP) is 2.71. The number of nitrogens with one attached hydrogen (secondary N) is 2. The molecule has 0 atom stereocenters. The third-order valence-corrected chi connectivity index (χ3v) is 4.67. The first kappa shape index (κ1) is 14.2. The maximum atomic E-state index is 11.5. The topological polar surface area (TPSA) is 96.8 Å². The van der Waals surface area contributed by atoms with Crippen LogP contribution in [0.2, 0.25) is 0 Å². The molecule has 2 aromatic heterocycles. The molecule has 0 aliphatic heterocycles. The number of methoxy groups -OCH3 is 1. The number of hydrogen-bond acceptors (Lipinski definition) is 5. The number of rotatable bonds is 3. The first-order valence-electron chi connectivity index (χ1n) is 7.83. The number of para-hydroxylation sites is 1. The summed E-state index contributed by atoms with van der Waals surface area (Å²) in [5, 5.41) is 4.16. The van der Waals surface area contributed by atoms with Crippen LogP contribution in [0.5, 0.6) is 0 Å². The molecule has 1 saturated carbocycles. The average Bonchev–Trinajstić information content (AvgIpc) is 3.21. The smallest absolute Gasteiger partial charge is 0.323 e. The van der Waals surface area contributed by atoms with Gasteiger partial charge in [-0.1, -0.05) is 30.5 Å². The molecule has 1 aliphatic carbocycles. The van der Waals surface area contributed by atoms with Crippen LogP contribution in [-0.2, 0) is 10.3 Å². The van der Waals surface area contributed by atoms with Crippen LogP contribution in [0.1, 0.15) is 37.9 Å². The lowest BCUT2D eigenvalue weighted by molar-refractivity contribution is -0.0527. The van der Waals surface area contributed by atoms with Gasteiger partial charge in [0.2, 0.25) is 5.82 Å². The summed E-state index contributed by atoms with van der Waals surface area (Å²) in [7, 11) is 1.70. The van der Waals surface area contributed by atoms with Gasteiger partial charge in [-0.2, -0.15) is 4.98 Å². The van der Waals surface area contributed by atoms with Crippen molar-refractivity contribution in [1.82, 2.24) is 20.1 Å². The quantitative estimate of drug-likeness (QED) is 0.774. The van der Waals surface area contributed by atoms with Crippen molar-refractivity contribution >= 4 is 11.0 Å². The van der Waals surface area contributed by atoms with E-state index < -0.39 is 5.60 Å². The molecule has 2 heterocycles. The van der Waals surface area contributed by atoms with E-state index >= 15 is 0 Å². The SMILES string of the molecule is COC1(c2noc(-c3cccc4[nH]c(=O)[nH]c34)n2)CCCCC1. The van der Waals surface area contributed by atoms with E-state index in [2.05, 4.69) is 20.1 Å². The van der Waals surface area contributed by atoms with E-state index in [0.717, 1.165) is 25.7 Å². The molecule has 23 heavy (non-hydrogen) atoms. The Bertz CT molecular complexity index is 886. The molecule has 0 unspecified atom stereocenters. The van der Waals surface area contributed by atoms with Gasteiger partial charge in [-0.3, -0.25) is 0 Å². The van der Waals surface area contributed by atoms with Crippen LogP contribution in [0.4, 0.5) is 0 Å². The monoisotopic (exact) mass is 314 g/mol. The Labute approximate surface area is 132 Å². The highest BCUT2D eigenvalue weighted by Crippen LogP contribution is 2.39. The van der Waals surface area contributed by atoms with Crippen molar-refractivity contribution in [2.24, 2.45) is 0 Å². The number of nitrogens with zero attached hydrogens (tertiary/aromatic N) is 2. The van der Waals surface area contributed by atoms with E-state index in [-0.39, 0.29) is 5.69 Å². The van der Waals surface area contributed by atoms with Gasteiger partial charge in [0.1, 0.15) is 5.60 Å². The highest BCUT2D eigenvalue weighted by Gasteiger charge is 2.38. The van der Waals surface area contributed by atoms with Crippen LogP contribution in [0, 0.1) is 0 Å². The molecule has 120 valence electrons. The molecule has 1 fully saturated rings. The van der Waals surface area contributed by atoms with Crippen molar-refractivity contribution in [2.75, 3.05) is 7.11 Å². The van der Waals surface area contributed by atoms with Crippen LogP contribution in [0.15, 0.2) is 27.5 Å². The molecule has 2 N–H and O–H groups in total. The van der Waals surface area contributed by atoms with Crippen molar-refractivity contribution in [3.8, 4) is 11.5 Å². The molecule has 0 saturated heterocycles. The second kappa shape index (κ2) is 5.34. The summed E-state index contributed by atoms with van der Waals surface area (Å²) in [6, 6.07) is 5.52. The lowest BCUT2D eigenvalue weighted by Gasteiger charge is -2.32. The van der Waals surface area contributed by atoms with Gasteiger partial charge in [0.15, 0.2) is 0 Å². The Balaban J connectivity index is 1.79. The van der Waals surface area contributed by atoms with E-state index in [4.69, 9.17) is 9.26 Å². The summed E-state index contributed by atoms with van der Waals surface area (Å²) in [5.74, 6) is 0.979. The highest BCUT2D eigenvalue weighted by atomic mass is 16.5. The lowest BCUT2D eigenvalue weighted by atomic mass is 9.84. The van der Waals surface area contributed by atoms with E-state index in [0.29, 0.717) is 28.3 Å². The maximum absolute atomic E-state index is 11.5. The fourth-order valence-corrected chi connectivity index (χ4v) is 3.40. The fourth-order valence-electron chi connectivity index (χ4n) is 3.40. The Morgan fingerprint density at radius 2 is 2.04 bits per heavy atom. The van der Waals surface area contributed by atoms with Gasteiger partial charge < -0.3 is 19.2 Å². The maximum Gasteiger partial charge on any atom is 0.323 e. The summed E-state index contributed by atoms with van der Waals surface area (Å²) >= 11 is 0. The third kappa shape index (κ3) is 2.28. The summed E-state index contributed by atoms with van der Waals surface area (Å²) in [6.45, 7) is 0. The molecule has 0 spiro atoms. The van der Waals surface area contributed by atoms with Crippen LogP contribution in [-0.4, -0.2) is 27.2 Å². The van der Waals surface area contributed by atoms with Gasteiger partial charge in [0.05, 0.1) is 16.6 Å². The van der Waals surface area contributed by atoms with E-state index in [1.807, 2.05) is 18.2 Å². The second-order valence-electron chi connectivity index (χ2n) is 5.99. The number of benzene rings is 1. The van der Waals surface area contributed by atoms with Crippen molar-refractivity contribution in [3.63, 3.8) is 0 Å². The molecule has 7 nitrogen and oxygen atoms in total. The van der Waals surface area contributed by atoms with Crippen LogP contribution >= 0.6 is 0 Å². The molecule has 7 heteroatoms. The van der Waals surface area contributed by atoms with Gasteiger partial charge in [-0.25, -0.2) is 4.79 Å². The molecular weight excluding hydrogens is 296 g/mol. The third-order valence-electron chi connectivity index (χ3n) is 4.67. The molecular formula is C16H18N4O3. The second-order valence-corrected chi connectivity index (χ2v) is 5.99. The van der Waals surface area contributed by atoms with E-state index in [9.17, 15) is 4.79 Å². The van der Waals surface area contributed by atoms with Gasteiger partial charge in [0, 0.05) is 7.11 Å². The Morgan fingerprint density at radius 1 is 1.22 bits per heavy atom. The minimum atomic E-state index is -0.459.